The van der Waals surface area contributed by atoms with E-state index in [-0.39, 0.29) is 0 Å². The molecule has 12 aromatic carbocycles. The molecular weight excluding hydrogens is 939 g/mol. The summed E-state index contributed by atoms with van der Waals surface area (Å²) in [4.78, 5) is 7.36. The Kier molecular flexibility index (Phi) is 9.90. The zero-order chi connectivity index (χ0) is 48.7. The first-order chi connectivity index (χ1) is 36.7. The smallest absolute Gasteiger partial charge is 0.159 e. The quantitative estimate of drug-likeness (QED) is 0.144. The molecule has 0 fully saturated rings. The summed E-state index contributed by atoms with van der Waals surface area (Å²) in [5, 5.41) is 11.8. The Morgan fingerprint density at radius 1 is 0.257 bits per heavy atom. The highest BCUT2D eigenvalue weighted by molar-refractivity contribution is 7.26. The predicted octanol–water partition coefficient (Wildman–Crippen LogP) is 21.0. The van der Waals surface area contributed by atoms with E-state index in [1.807, 2.05) is 22.7 Å². The van der Waals surface area contributed by atoms with E-state index < -0.39 is 0 Å². The van der Waals surface area contributed by atoms with Gasteiger partial charge in [0.1, 0.15) is 5.58 Å². The molecule has 0 atom stereocenters. The molecule has 0 spiro atoms. The summed E-state index contributed by atoms with van der Waals surface area (Å²) >= 11 is 3.70. The van der Waals surface area contributed by atoms with Crippen LogP contribution in [-0.4, -0.2) is 0 Å². The molecule has 0 amide bonds. The average Bonchev–Trinajstić information content (AvgIpc) is 4.16. The molecule has 0 unspecified atom stereocenters. The fraction of sp³-hybridized carbons (Fsp3) is 0. The van der Waals surface area contributed by atoms with E-state index >= 15 is 0 Å². The zero-order valence-electron chi connectivity index (χ0n) is 39.9. The molecule has 0 saturated heterocycles. The molecule has 348 valence electrons. The summed E-state index contributed by atoms with van der Waals surface area (Å²) in [5.74, 6) is 0. The molecule has 6 heteroatoms. The fourth-order valence-corrected chi connectivity index (χ4v) is 13.6. The van der Waals surface area contributed by atoms with Crippen molar-refractivity contribution in [3.63, 3.8) is 0 Å². The molecule has 0 N–H and O–H groups in total. The van der Waals surface area contributed by atoms with Crippen LogP contribution in [0, 0.1) is 0 Å². The number of hydrogen-bond acceptors (Lipinski definition) is 6. The van der Waals surface area contributed by atoms with Gasteiger partial charge in [-0.1, -0.05) is 170 Å². The van der Waals surface area contributed by atoms with Gasteiger partial charge in [-0.25, -0.2) is 0 Å². The van der Waals surface area contributed by atoms with Gasteiger partial charge in [-0.2, -0.15) is 0 Å². The number of hydrogen-bond donors (Lipinski definition) is 0. The summed E-state index contributed by atoms with van der Waals surface area (Å²) in [5.41, 5.74) is 11.0. The minimum Gasteiger partial charge on any atom is -0.454 e. The predicted molar refractivity (Wildman–Crippen MR) is 319 cm³/mol. The highest BCUT2D eigenvalue weighted by Gasteiger charge is 2.27. The van der Waals surface area contributed by atoms with Crippen molar-refractivity contribution in [1.29, 1.82) is 0 Å². The van der Waals surface area contributed by atoms with Gasteiger partial charge >= 0.3 is 0 Å². The number of benzene rings is 12. The van der Waals surface area contributed by atoms with E-state index in [4.69, 9.17) is 4.42 Å². The van der Waals surface area contributed by atoms with Gasteiger partial charge in [0.05, 0.1) is 43.5 Å². The first-order valence-corrected chi connectivity index (χ1v) is 26.6. The Hall–Kier alpha value is -9.20. The lowest BCUT2D eigenvalue weighted by Gasteiger charge is -2.33. The van der Waals surface area contributed by atoms with Crippen LogP contribution in [0.25, 0.3) is 83.8 Å². The number of anilines is 9. The second-order valence-corrected chi connectivity index (χ2v) is 21.0. The van der Waals surface area contributed by atoms with Crippen LogP contribution in [0.2, 0.25) is 0 Å². The Balaban J connectivity index is 1.08. The van der Waals surface area contributed by atoms with Gasteiger partial charge in [-0.3, -0.25) is 0 Å². The Labute approximate surface area is 435 Å². The summed E-state index contributed by atoms with van der Waals surface area (Å²) in [7, 11) is 0. The maximum Gasteiger partial charge on any atom is 0.159 e. The molecule has 0 saturated carbocycles. The number of rotatable bonds is 9. The maximum atomic E-state index is 6.96. The van der Waals surface area contributed by atoms with Gasteiger partial charge in [0.15, 0.2) is 5.58 Å². The van der Waals surface area contributed by atoms with Gasteiger partial charge in [0.25, 0.3) is 0 Å². The van der Waals surface area contributed by atoms with Crippen LogP contribution < -0.4 is 14.7 Å². The largest absolute Gasteiger partial charge is 0.454 e. The Morgan fingerprint density at radius 3 is 1.24 bits per heavy atom. The molecule has 15 aromatic rings. The topological polar surface area (TPSA) is 22.9 Å². The van der Waals surface area contributed by atoms with Crippen LogP contribution >= 0.6 is 22.7 Å². The molecule has 15 rings (SSSR count). The molecule has 4 nitrogen and oxygen atoms in total. The van der Waals surface area contributed by atoms with E-state index in [1.54, 1.807) is 0 Å². The molecule has 0 bridgehead atoms. The third-order valence-electron chi connectivity index (χ3n) is 14.5. The van der Waals surface area contributed by atoms with Gasteiger partial charge in [0, 0.05) is 58.8 Å². The summed E-state index contributed by atoms with van der Waals surface area (Å²) < 4.78 is 11.9. The van der Waals surface area contributed by atoms with E-state index in [9.17, 15) is 0 Å². The van der Waals surface area contributed by atoms with Crippen molar-refractivity contribution in [2.75, 3.05) is 14.7 Å². The van der Waals surface area contributed by atoms with E-state index in [0.29, 0.717) is 0 Å². The third-order valence-corrected chi connectivity index (χ3v) is 17.0. The van der Waals surface area contributed by atoms with Crippen LogP contribution in [0.4, 0.5) is 51.2 Å². The monoisotopic (exact) mass is 981 g/mol. The molecule has 74 heavy (non-hydrogen) atoms. The van der Waals surface area contributed by atoms with Crippen molar-refractivity contribution in [2.24, 2.45) is 0 Å². The number of fused-ring (bicyclic) bond motifs is 11. The lowest BCUT2D eigenvalue weighted by Crippen LogP contribution is -2.16. The van der Waals surface area contributed by atoms with E-state index in [0.717, 1.165) is 78.5 Å². The SMILES string of the molecule is c1ccc(N(c2cc(N(c3ccc4ccccc4c3)c3cccc4c3oc3ccccc34)cc(N(c3ccc4ccccc4c3)c3cccc4c3sc3ccccc34)c2)c2cccc3c2sc2ccccc23)cc1. The van der Waals surface area contributed by atoms with E-state index in [2.05, 4.69) is 276 Å². The standard InChI is InChI=1S/C68H43N3OS2/c1-2-21-48(22-3-1)69(61-30-15-27-58-55-24-9-12-33-64(55)73-67(58)61)51-41-52(70(49-37-35-44-17-4-6-19-46(44)39-49)60-29-14-26-57-54-23-8-11-32-63(54)72-66(57)60)43-53(42-51)71(50-38-36-45-18-5-7-20-47(45)40-50)62-31-16-28-59-56-25-10-13-34-65(56)74-68(59)62/h1-43H. The molecule has 0 aliphatic rings. The lowest BCUT2D eigenvalue weighted by atomic mass is 10.0. The number of nitrogens with zero attached hydrogens (tertiary/aromatic N) is 3. The second kappa shape index (κ2) is 17.2. The highest BCUT2D eigenvalue weighted by atomic mass is 32.1. The normalized spacial score (nSPS) is 11.8. The minimum absolute atomic E-state index is 0.824. The summed E-state index contributed by atoms with van der Waals surface area (Å²) in [6.45, 7) is 0. The second-order valence-electron chi connectivity index (χ2n) is 18.9. The third kappa shape index (κ3) is 6.95. The fourth-order valence-electron chi connectivity index (χ4n) is 11.2. The van der Waals surface area contributed by atoms with Gasteiger partial charge in [-0.15, -0.1) is 22.7 Å². The molecule has 0 radical (unpaired) electrons. The van der Waals surface area contributed by atoms with Crippen molar-refractivity contribution < 1.29 is 4.42 Å². The van der Waals surface area contributed by atoms with Crippen LogP contribution in [0.3, 0.4) is 0 Å². The first kappa shape index (κ1) is 42.5. The highest BCUT2D eigenvalue weighted by Crippen LogP contribution is 2.52. The van der Waals surface area contributed by atoms with Crippen molar-refractivity contribution in [3.8, 4) is 0 Å². The van der Waals surface area contributed by atoms with Crippen LogP contribution in [0.5, 0.6) is 0 Å². The van der Waals surface area contributed by atoms with Crippen molar-refractivity contribution >= 4 is 158 Å². The van der Waals surface area contributed by atoms with Gasteiger partial charge < -0.3 is 19.1 Å². The summed E-state index contributed by atoms with van der Waals surface area (Å²) in [6.07, 6.45) is 0. The maximum absolute atomic E-state index is 6.96. The number of thiophene rings is 2. The van der Waals surface area contributed by atoms with E-state index in [1.165, 1.54) is 56.5 Å². The molecule has 0 aliphatic carbocycles. The Morgan fingerprint density at radius 2 is 0.676 bits per heavy atom. The van der Waals surface area contributed by atoms with Crippen LogP contribution in [0.15, 0.2) is 265 Å². The van der Waals surface area contributed by atoms with Crippen molar-refractivity contribution in [3.05, 3.63) is 261 Å². The molecular formula is C68H43N3OS2. The first-order valence-electron chi connectivity index (χ1n) is 25.0. The summed E-state index contributed by atoms with van der Waals surface area (Å²) in [6, 6.07) is 95.0. The van der Waals surface area contributed by atoms with Crippen LogP contribution in [-0.2, 0) is 0 Å². The minimum atomic E-state index is 0.824. The van der Waals surface area contributed by atoms with Gasteiger partial charge in [-0.05, 0) is 113 Å². The number of furan rings is 1. The molecule has 0 aliphatic heterocycles. The van der Waals surface area contributed by atoms with Crippen LogP contribution in [0.1, 0.15) is 0 Å². The average molecular weight is 982 g/mol. The zero-order valence-corrected chi connectivity index (χ0v) is 41.5. The lowest BCUT2D eigenvalue weighted by molar-refractivity contribution is 0.669. The molecule has 3 aromatic heterocycles. The number of para-hydroxylation sites is 3. The molecule has 3 heterocycles. The van der Waals surface area contributed by atoms with Crippen molar-refractivity contribution in [2.45, 2.75) is 0 Å². The Bertz CT molecular complexity index is 4450. The van der Waals surface area contributed by atoms with Gasteiger partial charge in [0.2, 0.25) is 0 Å². The van der Waals surface area contributed by atoms with Crippen molar-refractivity contribution in [1.82, 2.24) is 0 Å².